The third kappa shape index (κ3) is 3.53. The fourth-order valence-corrected chi connectivity index (χ4v) is 2.53. The van der Waals surface area contributed by atoms with Crippen molar-refractivity contribution in [3.8, 4) is 5.75 Å². The minimum atomic E-state index is -2.79. The molecule has 0 aliphatic heterocycles. The smallest absolute Gasteiger partial charge is 0.387 e. The number of hydrogen-bond acceptors (Lipinski definition) is 2. The van der Waals surface area contributed by atoms with Crippen LogP contribution in [0.2, 0.25) is 0 Å². The van der Waals surface area contributed by atoms with Crippen molar-refractivity contribution in [3.63, 3.8) is 0 Å². The molecular formula is C15H19F2NO. The number of likely N-dealkylation sites (N-methyl/N-ethyl adjacent to an activating group) is 1. The molecule has 1 atom stereocenters. The number of halogens is 2. The summed E-state index contributed by atoms with van der Waals surface area (Å²) in [5, 5.41) is 3.36. The van der Waals surface area contributed by atoms with E-state index in [1.165, 1.54) is 5.57 Å². The molecule has 0 radical (unpaired) electrons. The molecule has 0 heterocycles. The summed E-state index contributed by atoms with van der Waals surface area (Å²) in [6.07, 6.45) is 5.41. The van der Waals surface area contributed by atoms with Gasteiger partial charge in [0.2, 0.25) is 0 Å². The Morgan fingerprint density at radius 2 is 2.11 bits per heavy atom. The summed E-state index contributed by atoms with van der Waals surface area (Å²) in [5.74, 6) is 0.260. The predicted octanol–water partition coefficient (Wildman–Crippen LogP) is 4.05. The van der Waals surface area contributed by atoms with E-state index in [0.717, 1.165) is 31.4 Å². The summed E-state index contributed by atoms with van der Waals surface area (Å²) in [6.45, 7) is 0.00499. The maximum Gasteiger partial charge on any atom is 0.387 e. The molecule has 2 rings (SSSR count). The molecule has 1 unspecified atom stereocenters. The van der Waals surface area contributed by atoms with Gasteiger partial charge in [0, 0.05) is 5.56 Å². The Morgan fingerprint density at radius 1 is 1.32 bits per heavy atom. The molecule has 0 bridgehead atoms. The molecule has 1 aliphatic rings. The first-order valence-corrected chi connectivity index (χ1v) is 6.68. The number of para-hydroxylation sites is 1. The topological polar surface area (TPSA) is 21.3 Å². The summed E-state index contributed by atoms with van der Waals surface area (Å²) in [7, 11) is 0. The second kappa shape index (κ2) is 6.66. The van der Waals surface area contributed by atoms with Crippen LogP contribution in [0.4, 0.5) is 8.78 Å². The minimum Gasteiger partial charge on any atom is -0.434 e. The van der Waals surface area contributed by atoms with Crippen LogP contribution in [0.1, 0.15) is 37.8 Å². The Hall–Kier alpha value is -1.42. The number of allylic oxidation sites excluding steroid dienone is 1. The van der Waals surface area contributed by atoms with Crippen LogP contribution in [0.15, 0.2) is 35.9 Å². The average molecular weight is 267 g/mol. The highest BCUT2D eigenvalue weighted by Crippen LogP contribution is 2.35. The van der Waals surface area contributed by atoms with Gasteiger partial charge in [-0.25, -0.2) is 0 Å². The number of ether oxygens (including phenoxy) is 1. The van der Waals surface area contributed by atoms with Gasteiger partial charge in [0.15, 0.2) is 0 Å². The fourth-order valence-electron chi connectivity index (χ4n) is 2.53. The quantitative estimate of drug-likeness (QED) is 0.785. The third-order valence-corrected chi connectivity index (χ3v) is 3.30. The van der Waals surface area contributed by atoms with Crippen LogP contribution in [0, 0.1) is 0 Å². The molecule has 0 saturated carbocycles. The van der Waals surface area contributed by atoms with E-state index in [1.54, 1.807) is 12.1 Å². The van der Waals surface area contributed by atoms with Crippen molar-refractivity contribution >= 4 is 0 Å². The van der Waals surface area contributed by atoms with E-state index in [0.29, 0.717) is 0 Å². The Bertz CT molecular complexity index is 446. The zero-order valence-electron chi connectivity index (χ0n) is 11.0. The van der Waals surface area contributed by atoms with Crippen molar-refractivity contribution in [1.29, 1.82) is 0 Å². The van der Waals surface area contributed by atoms with Crippen LogP contribution in [-0.4, -0.2) is 13.2 Å². The Morgan fingerprint density at radius 3 is 2.74 bits per heavy atom. The first-order valence-electron chi connectivity index (χ1n) is 6.68. The molecule has 104 valence electrons. The molecular weight excluding hydrogens is 248 g/mol. The molecule has 1 aromatic rings. The molecule has 0 fully saturated rings. The summed E-state index contributed by atoms with van der Waals surface area (Å²) in [6, 6.07) is 6.99. The molecule has 0 aromatic heterocycles. The summed E-state index contributed by atoms with van der Waals surface area (Å²) < 4.78 is 29.6. The molecule has 1 aromatic carbocycles. The average Bonchev–Trinajstić information content (AvgIpc) is 2.90. The molecule has 1 N–H and O–H groups in total. The lowest BCUT2D eigenvalue weighted by atomic mass is 9.97. The van der Waals surface area contributed by atoms with Gasteiger partial charge < -0.3 is 10.1 Å². The normalized spacial score (nSPS) is 16.5. The Labute approximate surface area is 112 Å². The van der Waals surface area contributed by atoms with E-state index in [2.05, 4.69) is 16.1 Å². The van der Waals surface area contributed by atoms with Gasteiger partial charge in [-0.2, -0.15) is 8.78 Å². The fraction of sp³-hybridized carbons (Fsp3) is 0.467. The highest BCUT2D eigenvalue weighted by Gasteiger charge is 2.22. The number of rotatable bonds is 6. The highest BCUT2D eigenvalue weighted by molar-refractivity contribution is 5.41. The number of benzene rings is 1. The molecule has 0 amide bonds. The number of hydrogen-bond donors (Lipinski definition) is 1. The maximum absolute atomic E-state index is 12.5. The van der Waals surface area contributed by atoms with Crippen molar-refractivity contribution in [3.05, 3.63) is 41.5 Å². The lowest BCUT2D eigenvalue weighted by Gasteiger charge is -2.22. The van der Waals surface area contributed by atoms with Gasteiger partial charge in [-0.1, -0.05) is 36.8 Å². The molecule has 19 heavy (non-hydrogen) atoms. The lowest BCUT2D eigenvalue weighted by Crippen LogP contribution is -2.23. The maximum atomic E-state index is 12.5. The van der Waals surface area contributed by atoms with Gasteiger partial charge in [0.1, 0.15) is 5.75 Å². The second-order valence-corrected chi connectivity index (χ2v) is 4.58. The Balaban J connectivity index is 2.30. The standard InChI is InChI=1S/C15H19F2NO/c1-2-18-14(11-7-3-4-8-11)12-9-5-6-10-13(12)19-15(16)17/h5-7,9-10,14-15,18H,2-4,8H2,1H3. The first-order chi connectivity index (χ1) is 9.22. The van der Waals surface area contributed by atoms with Gasteiger partial charge in [-0.3, -0.25) is 0 Å². The van der Waals surface area contributed by atoms with Gasteiger partial charge in [0.25, 0.3) is 0 Å². The summed E-state index contributed by atoms with van der Waals surface area (Å²) in [4.78, 5) is 0. The van der Waals surface area contributed by atoms with Crippen molar-refractivity contribution in [2.75, 3.05) is 6.54 Å². The van der Waals surface area contributed by atoms with Crippen molar-refractivity contribution in [1.82, 2.24) is 5.32 Å². The third-order valence-electron chi connectivity index (χ3n) is 3.30. The van der Waals surface area contributed by atoms with Crippen LogP contribution in [0.3, 0.4) is 0 Å². The van der Waals surface area contributed by atoms with Crippen LogP contribution < -0.4 is 10.1 Å². The van der Waals surface area contributed by atoms with Crippen molar-refractivity contribution < 1.29 is 13.5 Å². The SMILES string of the molecule is CCNC(C1=CCCC1)c1ccccc1OC(F)F. The van der Waals surface area contributed by atoms with E-state index in [-0.39, 0.29) is 11.8 Å². The molecule has 4 heteroatoms. The Kier molecular flexibility index (Phi) is 4.91. The molecule has 1 aliphatic carbocycles. The van der Waals surface area contributed by atoms with Crippen LogP contribution >= 0.6 is 0 Å². The minimum absolute atomic E-state index is 0.0255. The van der Waals surface area contributed by atoms with Crippen LogP contribution in [0.5, 0.6) is 5.75 Å². The second-order valence-electron chi connectivity index (χ2n) is 4.58. The molecule has 0 spiro atoms. The van der Waals surface area contributed by atoms with E-state index in [1.807, 2.05) is 19.1 Å². The zero-order chi connectivity index (χ0) is 13.7. The number of alkyl halides is 2. The molecule has 2 nitrogen and oxygen atoms in total. The van der Waals surface area contributed by atoms with Gasteiger partial charge in [0.05, 0.1) is 6.04 Å². The van der Waals surface area contributed by atoms with E-state index in [4.69, 9.17) is 0 Å². The van der Waals surface area contributed by atoms with Crippen molar-refractivity contribution in [2.24, 2.45) is 0 Å². The van der Waals surface area contributed by atoms with Crippen molar-refractivity contribution in [2.45, 2.75) is 38.8 Å². The van der Waals surface area contributed by atoms with E-state index in [9.17, 15) is 8.78 Å². The van der Waals surface area contributed by atoms with Crippen LogP contribution in [-0.2, 0) is 0 Å². The van der Waals surface area contributed by atoms with Gasteiger partial charge in [-0.05, 0) is 31.9 Å². The highest BCUT2D eigenvalue weighted by atomic mass is 19.3. The predicted molar refractivity (Wildman–Crippen MR) is 71.4 cm³/mol. The van der Waals surface area contributed by atoms with Crippen LogP contribution in [0.25, 0.3) is 0 Å². The summed E-state index contributed by atoms with van der Waals surface area (Å²) in [5.41, 5.74) is 2.06. The zero-order valence-corrected chi connectivity index (χ0v) is 11.0. The lowest BCUT2D eigenvalue weighted by molar-refractivity contribution is -0.0506. The van der Waals surface area contributed by atoms with E-state index >= 15 is 0 Å². The number of nitrogens with one attached hydrogen (secondary N) is 1. The largest absolute Gasteiger partial charge is 0.434 e. The van der Waals surface area contributed by atoms with E-state index < -0.39 is 6.61 Å². The van der Waals surface area contributed by atoms with Gasteiger partial charge in [-0.15, -0.1) is 0 Å². The first kappa shape index (κ1) is 14.0. The van der Waals surface area contributed by atoms with Gasteiger partial charge >= 0.3 is 6.61 Å². The molecule has 0 saturated heterocycles. The summed E-state index contributed by atoms with van der Waals surface area (Å²) >= 11 is 0. The monoisotopic (exact) mass is 267 g/mol.